The zero-order valence-electron chi connectivity index (χ0n) is 5.76. The molecule has 0 bridgehead atoms. The first-order valence-corrected chi connectivity index (χ1v) is 4.53. The fourth-order valence-corrected chi connectivity index (χ4v) is 0.969. The van der Waals surface area contributed by atoms with Crippen molar-refractivity contribution in [2.24, 2.45) is 0 Å². The quantitative estimate of drug-likeness (QED) is 0.722. The summed E-state index contributed by atoms with van der Waals surface area (Å²) < 4.78 is 1.04. The van der Waals surface area contributed by atoms with Crippen LogP contribution in [0.4, 0.5) is 5.82 Å². The van der Waals surface area contributed by atoms with Gasteiger partial charge in [-0.1, -0.05) is 0 Å². The first-order chi connectivity index (χ1) is 4.83. The number of nitrogens with one attached hydrogen (secondary N) is 1. The first-order valence-electron chi connectivity index (χ1n) is 3.10. The molecule has 0 atom stereocenters. The summed E-state index contributed by atoms with van der Waals surface area (Å²) in [6, 6.07) is 0. The van der Waals surface area contributed by atoms with E-state index in [9.17, 15) is 0 Å². The van der Waals surface area contributed by atoms with Crippen LogP contribution in [0.3, 0.4) is 0 Å². The summed E-state index contributed by atoms with van der Waals surface area (Å²) in [5, 5.41) is 3.07. The molecule has 0 aliphatic heterocycles. The number of rotatable bonds is 2. The number of aromatic nitrogens is 2. The average Bonchev–Trinajstić information content (AvgIpc) is 1.95. The molecule has 0 spiro atoms. The van der Waals surface area contributed by atoms with Crippen molar-refractivity contribution < 1.29 is 0 Å². The Hall–Kier alpha value is -0.321. The Morgan fingerprint density at radius 3 is 2.80 bits per heavy atom. The monoisotopic (exact) mass is 242 g/mol. The molecule has 0 aromatic carbocycles. The van der Waals surface area contributed by atoms with Crippen LogP contribution in [0.5, 0.6) is 0 Å². The molecule has 51 valence electrons. The van der Waals surface area contributed by atoms with Crippen LogP contribution in [0.15, 0.2) is 12.4 Å². The van der Waals surface area contributed by atoms with Gasteiger partial charge < -0.3 is 0 Å². The minimum atomic E-state index is 0.855. The zero-order chi connectivity index (χ0) is 7.40. The van der Waals surface area contributed by atoms with Crippen LogP contribution in [-0.2, 0) is 0 Å². The number of hydrogen-bond acceptors (Lipinski definition) is 3. The molecule has 0 unspecified atom stereocenters. The van der Waals surface area contributed by atoms with Gasteiger partial charge in [0.1, 0.15) is 0 Å². The summed E-state index contributed by atoms with van der Waals surface area (Å²) >= 11 is 1.31. The molecular weight excluding hydrogens is 233 g/mol. The van der Waals surface area contributed by atoms with E-state index in [0.717, 1.165) is 16.1 Å². The summed E-state index contributed by atoms with van der Waals surface area (Å²) in [7, 11) is 0. The molecule has 3 nitrogen and oxygen atoms in total. The van der Waals surface area contributed by atoms with E-state index in [1.807, 2.05) is 6.92 Å². The van der Waals surface area contributed by atoms with E-state index in [2.05, 4.69) is 15.3 Å². The van der Waals surface area contributed by atoms with E-state index in [1.165, 1.54) is 22.5 Å². The molecule has 0 aliphatic carbocycles. The van der Waals surface area contributed by atoms with Crippen molar-refractivity contribution in [1.82, 2.24) is 9.97 Å². The first kappa shape index (κ1) is 7.78. The Kier molecular flexibility index (Phi) is 2.92. The van der Waals surface area contributed by atoms with Crippen molar-refractivity contribution in [2.45, 2.75) is 6.92 Å². The molecule has 0 fully saturated rings. The van der Waals surface area contributed by atoms with Gasteiger partial charge in [-0.3, -0.25) is 0 Å². The van der Waals surface area contributed by atoms with Crippen LogP contribution in [-0.4, -0.2) is 39.0 Å². The van der Waals surface area contributed by atoms with Gasteiger partial charge in [-0.25, -0.2) is 0 Å². The Morgan fingerprint density at radius 2 is 2.30 bits per heavy atom. The third-order valence-corrected chi connectivity index (χ3v) is 1.75. The predicted molar refractivity (Wildman–Crippen MR) is 41.6 cm³/mol. The van der Waals surface area contributed by atoms with Crippen LogP contribution in [0.2, 0.25) is 0 Å². The second-order valence-electron chi connectivity index (χ2n) is 1.82. The zero-order valence-corrected chi connectivity index (χ0v) is 8.61. The molecule has 0 saturated heterocycles. The standard InChI is InChI=1S/C6H8N3.Sn/c1-2-8-6-5-7-3-4-9-6;/h4-5H,2H2,1H3,(H,8,9);. The van der Waals surface area contributed by atoms with Crippen molar-refractivity contribution in [3.63, 3.8) is 0 Å². The Balaban J connectivity index is 2.69. The van der Waals surface area contributed by atoms with Gasteiger partial charge >= 0.3 is 73.2 Å². The number of anilines is 1. The molecule has 3 radical (unpaired) electrons. The van der Waals surface area contributed by atoms with Crippen LogP contribution in [0.25, 0.3) is 0 Å². The SMILES string of the molecule is CCNc1cn[c]([Sn])cn1. The fourth-order valence-electron chi connectivity index (χ4n) is 0.600. The summed E-state index contributed by atoms with van der Waals surface area (Å²) in [5.41, 5.74) is 0. The summed E-state index contributed by atoms with van der Waals surface area (Å²) in [5.74, 6) is 0.855. The second kappa shape index (κ2) is 3.75. The molecule has 0 saturated carbocycles. The third-order valence-electron chi connectivity index (χ3n) is 1.01. The van der Waals surface area contributed by atoms with Gasteiger partial charge in [0.25, 0.3) is 0 Å². The number of hydrogen-bond donors (Lipinski definition) is 1. The van der Waals surface area contributed by atoms with Gasteiger partial charge in [0.2, 0.25) is 0 Å². The third kappa shape index (κ3) is 2.13. The van der Waals surface area contributed by atoms with Crippen LogP contribution < -0.4 is 9.03 Å². The second-order valence-corrected chi connectivity index (χ2v) is 3.28. The fraction of sp³-hybridized carbons (Fsp3) is 0.333. The molecule has 1 heterocycles. The van der Waals surface area contributed by atoms with E-state index in [0.29, 0.717) is 0 Å². The summed E-state index contributed by atoms with van der Waals surface area (Å²) in [4.78, 5) is 8.23. The van der Waals surface area contributed by atoms with E-state index in [4.69, 9.17) is 0 Å². The molecule has 0 amide bonds. The van der Waals surface area contributed by atoms with E-state index >= 15 is 0 Å². The van der Waals surface area contributed by atoms with Crippen LogP contribution in [0, 0.1) is 0 Å². The van der Waals surface area contributed by atoms with Gasteiger partial charge in [-0.15, -0.1) is 0 Å². The number of nitrogens with zero attached hydrogens (tertiary/aromatic N) is 2. The van der Waals surface area contributed by atoms with Crippen molar-refractivity contribution in [3.05, 3.63) is 12.4 Å². The maximum atomic E-state index is 4.12. The molecule has 1 rings (SSSR count). The molecule has 0 aliphatic rings. The van der Waals surface area contributed by atoms with Crippen molar-refractivity contribution in [2.75, 3.05) is 11.9 Å². The predicted octanol–water partition coefficient (Wildman–Crippen LogP) is -0.298. The molecule has 4 heteroatoms. The topological polar surface area (TPSA) is 37.8 Å². The average molecular weight is 241 g/mol. The molecule has 1 N–H and O–H groups in total. The van der Waals surface area contributed by atoms with Gasteiger partial charge in [0.15, 0.2) is 0 Å². The van der Waals surface area contributed by atoms with Gasteiger partial charge in [0, 0.05) is 0 Å². The van der Waals surface area contributed by atoms with Gasteiger partial charge in [-0.05, 0) is 0 Å². The van der Waals surface area contributed by atoms with Crippen molar-refractivity contribution in [3.8, 4) is 0 Å². The molecule has 10 heavy (non-hydrogen) atoms. The molecule has 1 aromatic rings. The van der Waals surface area contributed by atoms with E-state index < -0.39 is 0 Å². The van der Waals surface area contributed by atoms with E-state index in [-0.39, 0.29) is 0 Å². The van der Waals surface area contributed by atoms with Crippen molar-refractivity contribution >= 4 is 32.1 Å². The van der Waals surface area contributed by atoms with Gasteiger partial charge in [-0.2, -0.15) is 0 Å². The summed E-state index contributed by atoms with van der Waals surface area (Å²) in [6.07, 6.45) is 3.55. The maximum absolute atomic E-state index is 4.12. The Morgan fingerprint density at radius 1 is 1.50 bits per heavy atom. The van der Waals surface area contributed by atoms with Gasteiger partial charge in [0.05, 0.1) is 0 Å². The Labute approximate surface area is 73.4 Å². The van der Waals surface area contributed by atoms with Crippen LogP contribution in [0.1, 0.15) is 6.92 Å². The van der Waals surface area contributed by atoms with E-state index in [1.54, 1.807) is 12.4 Å². The molecular formula is C6H8N3Sn. The minimum absolute atomic E-state index is 0.855. The Bertz CT molecular complexity index is 197. The molecule has 1 aromatic heterocycles. The summed E-state index contributed by atoms with van der Waals surface area (Å²) in [6.45, 7) is 2.93. The van der Waals surface area contributed by atoms with Crippen molar-refractivity contribution in [1.29, 1.82) is 0 Å². The normalized spacial score (nSPS) is 9.40. The van der Waals surface area contributed by atoms with Crippen LogP contribution >= 0.6 is 0 Å².